The molecule has 3 rings (SSSR count). The van der Waals surface area contributed by atoms with Crippen LogP contribution in [0.2, 0.25) is 0 Å². The van der Waals surface area contributed by atoms with E-state index in [-0.39, 0.29) is 17.7 Å². The van der Waals surface area contributed by atoms with Crippen LogP contribution >= 0.6 is 0 Å². The Bertz CT molecular complexity index is 696. The Hall–Kier alpha value is -2.04. The Morgan fingerprint density at radius 3 is 2.27 bits per heavy atom. The van der Waals surface area contributed by atoms with Crippen LogP contribution in [0.1, 0.15) is 47.0 Å². The molecule has 5 heteroatoms. The van der Waals surface area contributed by atoms with E-state index in [9.17, 15) is 9.59 Å². The summed E-state index contributed by atoms with van der Waals surface area (Å²) in [4.78, 5) is 29.2. The van der Waals surface area contributed by atoms with Gasteiger partial charge in [0.05, 0.1) is 6.61 Å². The lowest BCUT2D eigenvalue weighted by molar-refractivity contribution is -0.136. The van der Waals surface area contributed by atoms with Gasteiger partial charge in [0.25, 0.3) is 0 Å². The van der Waals surface area contributed by atoms with E-state index in [1.807, 2.05) is 49.1 Å². The number of nitrogens with zero attached hydrogens (tertiary/aromatic N) is 2. The maximum absolute atomic E-state index is 12.8. The smallest absolute Gasteiger partial charge is 0.225 e. The lowest BCUT2D eigenvalue weighted by Crippen LogP contribution is -2.43. The van der Waals surface area contributed by atoms with Crippen LogP contribution in [0.3, 0.4) is 0 Å². The molecule has 2 aliphatic heterocycles. The van der Waals surface area contributed by atoms with Gasteiger partial charge in [-0.3, -0.25) is 9.59 Å². The minimum Gasteiger partial charge on any atom is -0.493 e. The Balaban J connectivity index is 1.64. The number of hydrogen-bond acceptors (Lipinski definition) is 3. The van der Waals surface area contributed by atoms with Crippen LogP contribution in [0.4, 0.5) is 0 Å². The maximum Gasteiger partial charge on any atom is 0.225 e. The zero-order valence-corrected chi connectivity index (χ0v) is 19.0. The fourth-order valence-corrected chi connectivity index (χ4v) is 4.92. The van der Waals surface area contributed by atoms with Crippen LogP contribution in [0.5, 0.6) is 5.75 Å². The highest BCUT2D eigenvalue weighted by Gasteiger charge is 2.41. The molecule has 5 nitrogen and oxygen atoms in total. The summed E-state index contributed by atoms with van der Waals surface area (Å²) < 4.78 is 6.11. The van der Waals surface area contributed by atoms with Crippen molar-refractivity contribution in [1.82, 2.24) is 9.80 Å². The third kappa shape index (κ3) is 5.77. The fourth-order valence-electron chi connectivity index (χ4n) is 4.92. The molecule has 0 bridgehead atoms. The van der Waals surface area contributed by atoms with Gasteiger partial charge in [0.2, 0.25) is 11.8 Å². The fraction of sp³-hybridized carbons (Fsp3) is 0.680. The third-order valence-corrected chi connectivity index (χ3v) is 6.59. The number of piperidine rings is 1. The van der Waals surface area contributed by atoms with E-state index in [1.165, 1.54) is 0 Å². The average Bonchev–Trinajstić information content (AvgIpc) is 3.16. The molecule has 0 radical (unpaired) electrons. The molecular weight excluding hydrogens is 376 g/mol. The number of hydrogen-bond donors (Lipinski definition) is 0. The summed E-state index contributed by atoms with van der Waals surface area (Å²) in [6.07, 6.45) is 2.66. The van der Waals surface area contributed by atoms with Gasteiger partial charge >= 0.3 is 0 Å². The van der Waals surface area contributed by atoms with Crippen LogP contribution in [0.25, 0.3) is 0 Å². The quantitative estimate of drug-likeness (QED) is 0.675. The average molecular weight is 415 g/mol. The van der Waals surface area contributed by atoms with Gasteiger partial charge in [-0.15, -0.1) is 0 Å². The predicted octanol–water partition coefficient (Wildman–Crippen LogP) is 4.08. The molecule has 2 fully saturated rings. The summed E-state index contributed by atoms with van der Waals surface area (Å²) >= 11 is 0. The van der Waals surface area contributed by atoms with Crippen molar-refractivity contribution in [2.24, 2.45) is 29.6 Å². The molecule has 0 saturated carbocycles. The standard InChI is InChI=1S/C25H38N2O3/c1-18(2)14-24(28)27-15-21(17-30-22-8-6-5-7-9-22)23(16-27)20-10-12-26(13-11-20)25(29)19(3)4/h5-9,18-21,23H,10-17H2,1-4H3/t21-,23-/m0/s1. The Labute approximate surface area is 181 Å². The summed E-state index contributed by atoms with van der Waals surface area (Å²) in [5.74, 6) is 3.19. The predicted molar refractivity (Wildman–Crippen MR) is 119 cm³/mol. The molecule has 166 valence electrons. The number of carbonyl (C=O) groups is 2. The molecule has 2 aliphatic rings. The lowest BCUT2D eigenvalue weighted by Gasteiger charge is -2.37. The van der Waals surface area contributed by atoms with Crippen LogP contribution in [-0.4, -0.2) is 54.4 Å². The minimum atomic E-state index is 0.0594. The van der Waals surface area contributed by atoms with Crippen molar-refractivity contribution in [3.63, 3.8) is 0 Å². The van der Waals surface area contributed by atoms with E-state index in [0.717, 1.165) is 44.8 Å². The van der Waals surface area contributed by atoms with Crippen LogP contribution in [-0.2, 0) is 9.59 Å². The second-order valence-corrected chi connectivity index (χ2v) is 9.76. The van der Waals surface area contributed by atoms with E-state index in [2.05, 4.69) is 18.7 Å². The van der Waals surface area contributed by atoms with Crippen LogP contribution < -0.4 is 4.74 Å². The highest BCUT2D eigenvalue weighted by Crippen LogP contribution is 2.37. The van der Waals surface area contributed by atoms with E-state index in [1.54, 1.807) is 0 Å². The van der Waals surface area contributed by atoms with Crippen molar-refractivity contribution in [2.75, 3.05) is 32.8 Å². The van der Waals surface area contributed by atoms with Gasteiger partial charge in [-0.25, -0.2) is 0 Å². The van der Waals surface area contributed by atoms with E-state index in [4.69, 9.17) is 4.74 Å². The normalized spacial score (nSPS) is 22.7. The van der Waals surface area contributed by atoms with E-state index >= 15 is 0 Å². The zero-order valence-electron chi connectivity index (χ0n) is 19.0. The largest absolute Gasteiger partial charge is 0.493 e. The number of amides is 2. The topological polar surface area (TPSA) is 49.9 Å². The molecule has 1 aromatic rings. The summed E-state index contributed by atoms with van der Waals surface area (Å²) in [5, 5.41) is 0. The molecule has 0 N–H and O–H groups in total. The molecule has 2 heterocycles. The molecule has 0 aliphatic carbocycles. The van der Waals surface area contributed by atoms with Gasteiger partial charge in [-0.05, 0) is 42.7 Å². The molecular formula is C25H38N2O3. The minimum absolute atomic E-state index is 0.0594. The molecule has 2 saturated heterocycles. The molecule has 2 atom stereocenters. The SMILES string of the molecule is CC(C)CC(=O)N1C[C@@H](COc2ccccc2)[C@H](C2CCN(C(=O)C(C)C)CC2)C1. The number of rotatable bonds is 7. The first-order valence-corrected chi connectivity index (χ1v) is 11.6. The van der Waals surface area contributed by atoms with Crippen molar-refractivity contribution in [3.8, 4) is 5.75 Å². The van der Waals surface area contributed by atoms with Crippen LogP contribution in [0, 0.1) is 29.6 Å². The summed E-state index contributed by atoms with van der Waals surface area (Å²) in [5.41, 5.74) is 0. The number of ether oxygens (including phenoxy) is 1. The second kappa shape index (κ2) is 10.3. The van der Waals surface area contributed by atoms with Gasteiger partial charge in [0.15, 0.2) is 0 Å². The van der Waals surface area contributed by atoms with Gasteiger partial charge in [0.1, 0.15) is 5.75 Å². The Morgan fingerprint density at radius 2 is 1.67 bits per heavy atom. The Morgan fingerprint density at radius 1 is 1.00 bits per heavy atom. The second-order valence-electron chi connectivity index (χ2n) is 9.76. The van der Waals surface area contributed by atoms with Crippen LogP contribution in [0.15, 0.2) is 30.3 Å². The number of benzene rings is 1. The first kappa shape index (κ1) is 22.6. The molecule has 0 aromatic heterocycles. The highest BCUT2D eigenvalue weighted by molar-refractivity contribution is 5.78. The molecule has 0 unspecified atom stereocenters. The molecule has 1 aromatic carbocycles. The molecule has 0 spiro atoms. The highest BCUT2D eigenvalue weighted by atomic mass is 16.5. The number of likely N-dealkylation sites (tertiary alicyclic amines) is 2. The number of para-hydroxylation sites is 1. The van der Waals surface area contributed by atoms with Gasteiger partial charge in [0, 0.05) is 44.4 Å². The van der Waals surface area contributed by atoms with E-state index in [0.29, 0.717) is 36.7 Å². The summed E-state index contributed by atoms with van der Waals surface area (Å²) in [6.45, 7) is 12.1. The van der Waals surface area contributed by atoms with E-state index < -0.39 is 0 Å². The van der Waals surface area contributed by atoms with Gasteiger partial charge in [-0.1, -0.05) is 45.9 Å². The maximum atomic E-state index is 12.8. The summed E-state index contributed by atoms with van der Waals surface area (Å²) in [6, 6.07) is 9.94. The van der Waals surface area contributed by atoms with Crippen molar-refractivity contribution in [1.29, 1.82) is 0 Å². The summed E-state index contributed by atoms with van der Waals surface area (Å²) in [7, 11) is 0. The lowest BCUT2D eigenvalue weighted by atomic mass is 9.78. The van der Waals surface area contributed by atoms with Crippen molar-refractivity contribution in [3.05, 3.63) is 30.3 Å². The molecule has 30 heavy (non-hydrogen) atoms. The van der Waals surface area contributed by atoms with Gasteiger partial charge < -0.3 is 14.5 Å². The van der Waals surface area contributed by atoms with Gasteiger partial charge in [-0.2, -0.15) is 0 Å². The van der Waals surface area contributed by atoms with Crippen molar-refractivity contribution >= 4 is 11.8 Å². The Kier molecular flexibility index (Phi) is 7.79. The first-order valence-electron chi connectivity index (χ1n) is 11.6. The monoisotopic (exact) mass is 414 g/mol. The van der Waals surface area contributed by atoms with Crippen molar-refractivity contribution < 1.29 is 14.3 Å². The number of carbonyl (C=O) groups excluding carboxylic acids is 2. The molecule has 2 amide bonds. The zero-order chi connectivity index (χ0) is 21.7. The third-order valence-electron chi connectivity index (χ3n) is 6.59. The first-order chi connectivity index (χ1) is 14.3. The van der Waals surface area contributed by atoms with Crippen molar-refractivity contribution in [2.45, 2.75) is 47.0 Å².